The highest BCUT2D eigenvalue weighted by atomic mass is 16.8. The summed E-state index contributed by atoms with van der Waals surface area (Å²) in [6, 6.07) is -0.103. The van der Waals surface area contributed by atoms with E-state index in [9.17, 15) is 9.59 Å². The van der Waals surface area contributed by atoms with Gasteiger partial charge >= 0.3 is 12.2 Å². The van der Waals surface area contributed by atoms with Crippen LogP contribution < -0.4 is 5.32 Å². The predicted molar refractivity (Wildman–Crippen MR) is 84.3 cm³/mol. The third-order valence-electron chi connectivity index (χ3n) is 3.43. The summed E-state index contributed by atoms with van der Waals surface area (Å²) in [4.78, 5) is 22.5. The lowest BCUT2D eigenvalue weighted by atomic mass is 9.99. The second kappa shape index (κ2) is 8.96. The van der Waals surface area contributed by atoms with Crippen LogP contribution in [-0.2, 0) is 18.9 Å². The van der Waals surface area contributed by atoms with Crippen molar-refractivity contribution < 1.29 is 28.5 Å². The van der Waals surface area contributed by atoms with Crippen molar-refractivity contribution in [1.29, 1.82) is 0 Å². The number of alkyl carbamates (subject to hydrolysis) is 1. The third-order valence-corrected chi connectivity index (χ3v) is 3.43. The Kier molecular flexibility index (Phi) is 7.61. The van der Waals surface area contributed by atoms with E-state index in [2.05, 4.69) is 23.9 Å². The summed E-state index contributed by atoms with van der Waals surface area (Å²) in [6.07, 6.45) is 1.13. The smallest absolute Gasteiger partial charge is 0.445 e. The van der Waals surface area contributed by atoms with Crippen LogP contribution in [0.15, 0.2) is 0 Å². The standard InChI is InChI=1S/C16H29NO6/c1-6-7-12(3)23-16(4,5)8-11(2)17-14(18)20-9-13-10-21-15(19)22-13/h11-13H,6-10H2,1-5H3,(H,17,18). The maximum Gasteiger partial charge on any atom is 0.508 e. The van der Waals surface area contributed by atoms with Crippen LogP contribution >= 0.6 is 0 Å². The fourth-order valence-corrected chi connectivity index (χ4v) is 2.71. The number of carbonyl (C=O) groups is 2. The zero-order chi connectivity index (χ0) is 17.5. The number of rotatable bonds is 9. The predicted octanol–water partition coefficient (Wildman–Crippen LogP) is 3.01. The lowest BCUT2D eigenvalue weighted by Crippen LogP contribution is -2.41. The van der Waals surface area contributed by atoms with Gasteiger partial charge in [0.25, 0.3) is 0 Å². The summed E-state index contributed by atoms with van der Waals surface area (Å²) >= 11 is 0. The molecule has 0 aliphatic carbocycles. The van der Waals surface area contributed by atoms with Crippen molar-refractivity contribution >= 4 is 12.2 Å². The fraction of sp³-hybridized carbons (Fsp3) is 0.875. The molecule has 0 aromatic rings. The summed E-state index contributed by atoms with van der Waals surface area (Å²) < 4.78 is 20.4. The Bertz CT molecular complexity index is 398. The van der Waals surface area contributed by atoms with E-state index >= 15 is 0 Å². The minimum Gasteiger partial charge on any atom is -0.445 e. The average molecular weight is 331 g/mol. The summed E-state index contributed by atoms with van der Waals surface area (Å²) in [5, 5.41) is 2.75. The van der Waals surface area contributed by atoms with Gasteiger partial charge in [-0.1, -0.05) is 13.3 Å². The van der Waals surface area contributed by atoms with E-state index in [0.29, 0.717) is 6.42 Å². The molecule has 1 fully saturated rings. The van der Waals surface area contributed by atoms with Gasteiger partial charge in [-0.15, -0.1) is 0 Å². The SMILES string of the molecule is CCCC(C)OC(C)(C)CC(C)NC(=O)OCC1COC(=O)O1. The minimum atomic E-state index is -0.729. The van der Waals surface area contributed by atoms with Crippen LogP contribution in [0.25, 0.3) is 0 Å². The van der Waals surface area contributed by atoms with Gasteiger partial charge in [-0.05, 0) is 40.5 Å². The largest absolute Gasteiger partial charge is 0.508 e. The highest BCUT2D eigenvalue weighted by molar-refractivity contribution is 5.67. The first-order chi connectivity index (χ1) is 10.7. The second-order valence-corrected chi connectivity index (χ2v) is 6.63. The summed E-state index contributed by atoms with van der Waals surface area (Å²) in [6.45, 7) is 10.2. The highest BCUT2D eigenvalue weighted by Gasteiger charge is 2.28. The van der Waals surface area contributed by atoms with E-state index in [1.54, 1.807) is 0 Å². The third kappa shape index (κ3) is 8.06. The van der Waals surface area contributed by atoms with Crippen molar-refractivity contribution in [1.82, 2.24) is 5.32 Å². The van der Waals surface area contributed by atoms with E-state index < -0.39 is 18.4 Å². The molecule has 1 aliphatic heterocycles. The molecule has 0 bridgehead atoms. The van der Waals surface area contributed by atoms with E-state index in [-0.39, 0.29) is 31.0 Å². The van der Waals surface area contributed by atoms with Gasteiger partial charge in [0.2, 0.25) is 0 Å². The van der Waals surface area contributed by atoms with E-state index in [0.717, 1.165) is 12.8 Å². The molecule has 0 aromatic carbocycles. The number of nitrogens with one attached hydrogen (secondary N) is 1. The van der Waals surface area contributed by atoms with Gasteiger partial charge in [0.05, 0.1) is 11.7 Å². The Morgan fingerprint density at radius 2 is 2.13 bits per heavy atom. The van der Waals surface area contributed by atoms with Crippen molar-refractivity contribution in [2.75, 3.05) is 13.2 Å². The first-order valence-electron chi connectivity index (χ1n) is 8.16. The molecule has 23 heavy (non-hydrogen) atoms. The summed E-state index contributed by atoms with van der Waals surface area (Å²) in [5.74, 6) is 0. The van der Waals surface area contributed by atoms with Gasteiger partial charge in [-0.25, -0.2) is 9.59 Å². The van der Waals surface area contributed by atoms with Crippen molar-refractivity contribution in [3.63, 3.8) is 0 Å². The first-order valence-corrected chi connectivity index (χ1v) is 8.16. The van der Waals surface area contributed by atoms with Gasteiger partial charge in [-0.2, -0.15) is 0 Å². The number of ether oxygens (including phenoxy) is 4. The van der Waals surface area contributed by atoms with Gasteiger partial charge in [-0.3, -0.25) is 0 Å². The molecule has 3 unspecified atom stereocenters. The number of amides is 1. The number of hydrogen-bond acceptors (Lipinski definition) is 6. The molecule has 1 heterocycles. The zero-order valence-electron chi connectivity index (χ0n) is 14.7. The molecule has 1 saturated heterocycles. The molecule has 0 saturated carbocycles. The fourth-order valence-electron chi connectivity index (χ4n) is 2.71. The van der Waals surface area contributed by atoms with Gasteiger partial charge in [0, 0.05) is 6.04 Å². The Morgan fingerprint density at radius 1 is 1.43 bits per heavy atom. The lowest BCUT2D eigenvalue weighted by molar-refractivity contribution is -0.0747. The van der Waals surface area contributed by atoms with E-state index in [4.69, 9.17) is 14.2 Å². The van der Waals surface area contributed by atoms with E-state index in [1.165, 1.54) is 0 Å². The van der Waals surface area contributed by atoms with Crippen molar-refractivity contribution in [2.45, 2.75) is 77.7 Å². The second-order valence-electron chi connectivity index (χ2n) is 6.63. The molecule has 0 aromatic heterocycles. The lowest BCUT2D eigenvalue weighted by Gasteiger charge is -2.31. The summed E-state index contributed by atoms with van der Waals surface area (Å²) in [7, 11) is 0. The first kappa shape index (κ1) is 19.5. The Labute approximate surface area is 138 Å². The van der Waals surface area contributed by atoms with Crippen LogP contribution in [0, 0.1) is 0 Å². The van der Waals surface area contributed by atoms with Crippen LogP contribution in [0.5, 0.6) is 0 Å². The highest BCUT2D eigenvalue weighted by Crippen LogP contribution is 2.21. The van der Waals surface area contributed by atoms with Gasteiger partial charge < -0.3 is 24.3 Å². The number of cyclic esters (lactones) is 2. The van der Waals surface area contributed by atoms with Crippen LogP contribution in [0.2, 0.25) is 0 Å². The normalized spacial score (nSPS) is 20.4. The van der Waals surface area contributed by atoms with Gasteiger partial charge in [0.1, 0.15) is 13.2 Å². The molecule has 134 valence electrons. The van der Waals surface area contributed by atoms with Crippen LogP contribution in [0.3, 0.4) is 0 Å². The molecule has 7 heteroatoms. The number of carbonyl (C=O) groups excluding carboxylic acids is 2. The van der Waals surface area contributed by atoms with Crippen molar-refractivity contribution in [3.8, 4) is 0 Å². The summed E-state index contributed by atoms with van der Waals surface area (Å²) in [5.41, 5.74) is -0.337. The maximum atomic E-state index is 11.7. The van der Waals surface area contributed by atoms with Crippen LogP contribution in [-0.4, -0.2) is 49.3 Å². The molecule has 7 nitrogen and oxygen atoms in total. The van der Waals surface area contributed by atoms with Crippen LogP contribution in [0.1, 0.15) is 53.9 Å². The average Bonchev–Trinajstić information content (AvgIpc) is 2.80. The molecular weight excluding hydrogens is 302 g/mol. The van der Waals surface area contributed by atoms with E-state index in [1.807, 2.05) is 20.8 Å². The molecule has 1 aliphatic rings. The van der Waals surface area contributed by atoms with Crippen molar-refractivity contribution in [2.24, 2.45) is 0 Å². The molecule has 1 N–H and O–H groups in total. The van der Waals surface area contributed by atoms with Crippen molar-refractivity contribution in [3.05, 3.63) is 0 Å². The van der Waals surface area contributed by atoms with Crippen LogP contribution in [0.4, 0.5) is 9.59 Å². The Morgan fingerprint density at radius 3 is 2.70 bits per heavy atom. The number of hydrogen-bond donors (Lipinski definition) is 1. The molecule has 3 atom stereocenters. The maximum absolute atomic E-state index is 11.7. The van der Waals surface area contributed by atoms with Gasteiger partial charge in [0.15, 0.2) is 6.10 Å². The molecule has 1 amide bonds. The molecule has 0 radical (unpaired) electrons. The monoisotopic (exact) mass is 331 g/mol. The topological polar surface area (TPSA) is 83.1 Å². The Balaban J connectivity index is 2.26. The zero-order valence-corrected chi connectivity index (χ0v) is 14.7. The molecular formula is C16H29NO6. The molecule has 0 spiro atoms. The quantitative estimate of drug-likeness (QED) is 0.654. The molecule has 1 rings (SSSR count). The minimum absolute atomic E-state index is 0.0162. The Hall–Kier alpha value is -1.50.